The lowest BCUT2D eigenvalue weighted by Gasteiger charge is -2.30. The summed E-state index contributed by atoms with van der Waals surface area (Å²) in [7, 11) is 0. The van der Waals surface area contributed by atoms with Crippen molar-refractivity contribution < 1.29 is 4.79 Å². The van der Waals surface area contributed by atoms with Gasteiger partial charge in [-0.25, -0.2) is 0 Å². The zero-order valence-corrected chi connectivity index (χ0v) is 14.5. The van der Waals surface area contributed by atoms with Gasteiger partial charge >= 0.3 is 0 Å². The van der Waals surface area contributed by atoms with E-state index in [2.05, 4.69) is 43.1 Å². The van der Waals surface area contributed by atoms with Crippen molar-refractivity contribution in [2.75, 3.05) is 18.4 Å². The molecular weight excluding hydrogens is 272 g/mol. The van der Waals surface area contributed by atoms with Crippen molar-refractivity contribution in [2.45, 2.75) is 65.8 Å². The van der Waals surface area contributed by atoms with E-state index in [9.17, 15) is 4.79 Å². The third kappa shape index (κ3) is 4.33. The molecule has 1 N–H and O–H groups in total. The number of nitrogens with zero attached hydrogens (tertiary/aromatic N) is 1. The topological polar surface area (TPSA) is 32.3 Å². The Morgan fingerprint density at radius 1 is 1.00 bits per heavy atom. The van der Waals surface area contributed by atoms with Crippen molar-refractivity contribution in [1.29, 1.82) is 0 Å². The molecule has 1 saturated heterocycles. The fourth-order valence-electron chi connectivity index (χ4n) is 3.43. The van der Waals surface area contributed by atoms with Gasteiger partial charge in [0.05, 0.1) is 6.04 Å². The van der Waals surface area contributed by atoms with Crippen molar-refractivity contribution in [3.05, 3.63) is 28.8 Å². The predicted octanol–water partition coefficient (Wildman–Crippen LogP) is 4.20. The van der Waals surface area contributed by atoms with Gasteiger partial charge < -0.3 is 5.32 Å². The third-order valence-electron chi connectivity index (χ3n) is 4.74. The molecule has 0 aliphatic carbocycles. The molecule has 0 spiro atoms. The third-order valence-corrected chi connectivity index (χ3v) is 4.74. The molecule has 1 heterocycles. The molecule has 3 nitrogen and oxygen atoms in total. The van der Waals surface area contributed by atoms with Crippen LogP contribution >= 0.6 is 0 Å². The first-order valence-electron chi connectivity index (χ1n) is 8.62. The van der Waals surface area contributed by atoms with E-state index in [-0.39, 0.29) is 11.9 Å². The summed E-state index contributed by atoms with van der Waals surface area (Å²) in [5, 5.41) is 3.16. The van der Waals surface area contributed by atoms with E-state index >= 15 is 0 Å². The second kappa shape index (κ2) is 7.77. The lowest BCUT2D eigenvalue weighted by atomic mass is 10.0. The summed E-state index contributed by atoms with van der Waals surface area (Å²) in [6.07, 6.45) is 6.35. The first-order valence-corrected chi connectivity index (χ1v) is 8.62. The molecule has 1 aliphatic heterocycles. The van der Waals surface area contributed by atoms with Crippen molar-refractivity contribution >= 4 is 11.6 Å². The number of anilines is 1. The Kier molecular flexibility index (Phi) is 6.01. The Bertz CT molecular complexity index is 493. The van der Waals surface area contributed by atoms with Crippen LogP contribution in [0, 0.1) is 20.8 Å². The maximum Gasteiger partial charge on any atom is 0.241 e. The number of aryl methyl sites for hydroxylation is 3. The van der Waals surface area contributed by atoms with Gasteiger partial charge in [-0.1, -0.05) is 37.0 Å². The smallest absolute Gasteiger partial charge is 0.241 e. The van der Waals surface area contributed by atoms with Crippen LogP contribution in [0.4, 0.5) is 5.69 Å². The summed E-state index contributed by atoms with van der Waals surface area (Å²) >= 11 is 0. The van der Waals surface area contributed by atoms with E-state index in [4.69, 9.17) is 0 Å². The summed E-state index contributed by atoms with van der Waals surface area (Å²) in [5.41, 5.74) is 4.51. The molecule has 0 bridgehead atoms. The molecule has 1 aliphatic rings. The van der Waals surface area contributed by atoms with Gasteiger partial charge in [-0.3, -0.25) is 9.69 Å². The lowest BCUT2D eigenvalue weighted by molar-refractivity contribution is -0.120. The number of amides is 1. The average Bonchev–Trinajstić information content (AvgIpc) is 2.41. The molecule has 0 aromatic heterocycles. The Balaban J connectivity index is 2.04. The van der Waals surface area contributed by atoms with Crippen LogP contribution in [-0.2, 0) is 4.79 Å². The zero-order chi connectivity index (χ0) is 16.1. The van der Waals surface area contributed by atoms with Gasteiger partial charge in [-0.15, -0.1) is 0 Å². The number of carbonyl (C=O) groups excluding carboxylic acids is 1. The highest BCUT2D eigenvalue weighted by atomic mass is 16.2. The Morgan fingerprint density at radius 2 is 1.50 bits per heavy atom. The summed E-state index contributed by atoms with van der Waals surface area (Å²) in [6.45, 7) is 10.3. The van der Waals surface area contributed by atoms with Crippen LogP contribution in [0.15, 0.2) is 12.1 Å². The molecule has 1 atom stereocenters. The molecule has 2 rings (SSSR count). The summed E-state index contributed by atoms with van der Waals surface area (Å²) in [4.78, 5) is 15.0. The fraction of sp³-hybridized carbons (Fsp3) is 0.632. The Labute approximate surface area is 135 Å². The van der Waals surface area contributed by atoms with E-state index in [0.717, 1.165) is 29.9 Å². The number of hydrogen-bond acceptors (Lipinski definition) is 2. The predicted molar refractivity (Wildman–Crippen MR) is 93.4 cm³/mol. The van der Waals surface area contributed by atoms with Gasteiger partial charge in [-0.05, 0) is 64.8 Å². The highest BCUT2D eigenvalue weighted by Gasteiger charge is 2.22. The van der Waals surface area contributed by atoms with E-state index in [1.54, 1.807) is 0 Å². The van der Waals surface area contributed by atoms with Crippen LogP contribution in [0.5, 0.6) is 0 Å². The van der Waals surface area contributed by atoms with Crippen LogP contribution in [0.1, 0.15) is 55.7 Å². The normalized spacial score (nSPS) is 18.4. The molecule has 0 unspecified atom stereocenters. The van der Waals surface area contributed by atoms with Gasteiger partial charge in [0.15, 0.2) is 0 Å². The van der Waals surface area contributed by atoms with Crippen LogP contribution < -0.4 is 5.32 Å². The SMILES string of the molecule is Cc1cc(C)c(NC(=O)[C@H](C)N2CCCCCCC2)c(C)c1. The highest BCUT2D eigenvalue weighted by Crippen LogP contribution is 2.22. The van der Waals surface area contributed by atoms with Gasteiger partial charge in [0.1, 0.15) is 0 Å². The summed E-state index contributed by atoms with van der Waals surface area (Å²) in [6, 6.07) is 4.20. The second-order valence-corrected chi connectivity index (χ2v) is 6.74. The average molecular weight is 302 g/mol. The van der Waals surface area contributed by atoms with Gasteiger partial charge in [0, 0.05) is 5.69 Å². The van der Waals surface area contributed by atoms with Gasteiger partial charge in [0.25, 0.3) is 0 Å². The number of benzene rings is 1. The minimum atomic E-state index is -0.0572. The van der Waals surface area contributed by atoms with Crippen LogP contribution in [0.2, 0.25) is 0 Å². The monoisotopic (exact) mass is 302 g/mol. The lowest BCUT2D eigenvalue weighted by Crippen LogP contribution is -2.43. The minimum absolute atomic E-state index is 0.0572. The highest BCUT2D eigenvalue weighted by molar-refractivity contribution is 5.96. The molecule has 0 saturated carbocycles. The molecule has 22 heavy (non-hydrogen) atoms. The van der Waals surface area contributed by atoms with Crippen LogP contribution in [-0.4, -0.2) is 29.9 Å². The molecule has 122 valence electrons. The maximum absolute atomic E-state index is 12.6. The van der Waals surface area contributed by atoms with E-state index in [1.807, 2.05) is 6.92 Å². The second-order valence-electron chi connectivity index (χ2n) is 6.74. The summed E-state index contributed by atoms with van der Waals surface area (Å²) in [5.74, 6) is 0.121. The van der Waals surface area contributed by atoms with Crippen molar-refractivity contribution in [1.82, 2.24) is 4.90 Å². The number of hydrogen-bond donors (Lipinski definition) is 1. The van der Waals surface area contributed by atoms with E-state index < -0.39 is 0 Å². The van der Waals surface area contributed by atoms with Gasteiger partial charge in [0.2, 0.25) is 5.91 Å². The van der Waals surface area contributed by atoms with Crippen molar-refractivity contribution in [3.63, 3.8) is 0 Å². The van der Waals surface area contributed by atoms with Crippen LogP contribution in [0.3, 0.4) is 0 Å². The zero-order valence-electron chi connectivity index (χ0n) is 14.5. The van der Waals surface area contributed by atoms with E-state index in [1.165, 1.54) is 37.7 Å². The molecule has 3 heteroatoms. The molecular formula is C19H30N2O. The standard InChI is InChI=1S/C19H30N2O/c1-14-12-15(2)18(16(3)13-14)20-19(22)17(4)21-10-8-6-5-7-9-11-21/h12-13,17H,5-11H2,1-4H3,(H,20,22)/t17-/m0/s1. The van der Waals surface area contributed by atoms with Crippen molar-refractivity contribution in [3.8, 4) is 0 Å². The van der Waals surface area contributed by atoms with E-state index in [0.29, 0.717) is 0 Å². The molecule has 1 fully saturated rings. The summed E-state index contributed by atoms with van der Waals surface area (Å²) < 4.78 is 0. The first-order chi connectivity index (χ1) is 10.5. The number of likely N-dealkylation sites (tertiary alicyclic amines) is 1. The molecule has 1 aromatic rings. The number of nitrogens with one attached hydrogen (secondary N) is 1. The quantitative estimate of drug-likeness (QED) is 0.907. The molecule has 1 amide bonds. The van der Waals surface area contributed by atoms with Gasteiger partial charge in [-0.2, -0.15) is 0 Å². The Morgan fingerprint density at radius 3 is 2.05 bits per heavy atom. The van der Waals surface area contributed by atoms with Crippen LogP contribution in [0.25, 0.3) is 0 Å². The first kappa shape index (κ1) is 17.0. The number of carbonyl (C=O) groups is 1. The molecule has 1 aromatic carbocycles. The number of rotatable bonds is 3. The largest absolute Gasteiger partial charge is 0.324 e. The maximum atomic E-state index is 12.6. The Hall–Kier alpha value is -1.35. The fourth-order valence-corrected chi connectivity index (χ4v) is 3.43. The minimum Gasteiger partial charge on any atom is -0.324 e. The molecule has 0 radical (unpaired) electrons. The van der Waals surface area contributed by atoms with Crippen molar-refractivity contribution in [2.24, 2.45) is 0 Å².